The van der Waals surface area contributed by atoms with Gasteiger partial charge >= 0.3 is 30.0 Å². The summed E-state index contributed by atoms with van der Waals surface area (Å²) < 4.78 is 43.7. The van der Waals surface area contributed by atoms with Crippen LogP contribution in [0.1, 0.15) is 40.2 Å². The number of aryl methyl sites for hydroxylation is 2. The molecule has 0 unspecified atom stereocenters. The van der Waals surface area contributed by atoms with Crippen LogP contribution in [0.5, 0.6) is 6.01 Å². The van der Waals surface area contributed by atoms with Crippen molar-refractivity contribution in [3.8, 4) is 6.01 Å². The van der Waals surface area contributed by atoms with Crippen molar-refractivity contribution in [3.05, 3.63) is 106 Å². The number of amides is 3. The molecular formula is C39H35ClF3N11O6. The lowest BCUT2D eigenvalue weighted by Gasteiger charge is -2.19. The Balaban J connectivity index is 1.07. The van der Waals surface area contributed by atoms with Crippen LogP contribution in [0.3, 0.4) is 0 Å². The van der Waals surface area contributed by atoms with E-state index < -0.39 is 60.3 Å². The lowest BCUT2D eigenvalue weighted by molar-refractivity contribution is -0.154. The Bertz CT molecular complexity index is 2430. The monoisotopic (exact) mass is 845 g/mol. The second kappa shape index (κ2) is 17.7. The lowest BCUT2D eigenvalue weighted by atomic mass is 10.1. The maximum atomic E-state index is 13.0. The Morgan fingerprint density at radius 3 is 2.07 bits per heavy atom. The van der Waals surface area contributed by atoms with Crippen LogP contribution in [0.4, 0.5) is 48.1 Å². The first-order valence-corrected chi connectivity index (χ1v) is 18.3. The van der Waals surface area contributed by atoms with Gasteiger partial charge in [0.1, 0.15) is 5.71 Å². The summed E-state index contributed by atoms with van der Waals surface area (Å²) in [6, 6.07) is 20.1. The third kappa shape index (κ3) is 11.2. The minimum atomic E-state index is -4.66. The number of aliphatic carboxylic acids is 1. The molecule has 5 N–H and O–H groups in total. The zero-order valence-corrected chi connectivity index (χ0v) is 32.7. The fourth-order valence-corrected chi connectivity index (χ4v) is 5.75. The molecule has 310 valence electrons. The molecule has 17 nitrogen and oxygen atoms in total. The summed E-state index contributed by atoms with van der Waals surface area (Å²) in [5.74, 6) is -4.66. The van der Waals surface area contributed by atoms with E-state index in [1.807, 2.05) is 32.0 Å². The van der Waals surface area contributed by atoms with Gasteiger partial charge in [-0.15, -0.1) is 0 Å². The van der Waals surface area contributed by atoms with Crippen molar-refractivity contribution in [2.24, 2.45) is 4.99 Å². The Labute approximate surface area is 344 Å². The average Bonchev–Trinajstić information content (AvgIpc) is 3.98. The molecule has 2 aromatic heterocycles. The fourth-order valence-electron chi connectivity index (χ4n) is 5.62. The molecule has 0 atom stereocenters. The first kappa shape index (κ1) is 42.4. The Morgan fingerprint density at radius 2 is 1.47 bits per heavy atom. The predicted molar refractivity (Wildman–Crippen MR) is 214 cm³/mol. The number of ether oxygens (including phenoxy) is 1. The van der Waals surface area contributed by atoms with Gasteiger partial charge in [-0.1, -0.05) is 23.7 Å². The average molecular weight is 846 g/mol. The molecule has 60 heavy (non-hydrogen) atoms. The molecule has 1 fully saturated rings. The van der Waals surface area contributed by atoms with E-state index in [-0.39, 0.29) is 28.8 Å². The first-order valence-electron chi connectivity index (χ1n) is 17.9. The fraction of sp³-hybridized carbons (Fsp3) is 0.231. The standard InChI is InChI=1S/C39H35ClF3N11O6/c1-21-18-22(2)46-36(45-21)54(3)28-14-12-26(13-15-28)47-32(57)31(56)44-19-29(33(58)59)49-30(55)23-4-10-27(11-5-23)48-34-50-35(52-37(51-34)60-20-39(41,42)43)53-38(16-17-38)24-6-8-25(40)9-7-24/h4-15,18H,16-17,19-20H2,1-3H3,(H,44,56)(H,47,57)(H,58,59)(H2,48,50,51,52,53). The van der Waals surface area contributed by atoms with Gasteiger partial charge in [-0.05, 0) is 99.0 Å². The number of nitrogens with zero attached hydrogens (tertiary/aromatic N) is 7. The summed E-state index contributed by atoms with van der Waals surface area (Å²) in [7, 11) is 1.77. The molecule has 1 aliphatic carbocycles. The molecule has 2 heterocycles. The SMILES string of the molecule is Cc1cc(C)nc(N(C)c2ccc(NC(=O)C(=O)NCC(=NC(=O)c3ccc(Nc4nc(NC5(c6ccc(Cl)cc6)CC5)nc(OCC(F)(F)F)n4)cc3)C(=O)O)cc2)n1. The Morgan fingerprint density at radius 1 is 0.850 bits per heavy atom. The highest BCUT2D eigenvalue weighted by Gasteiger charge is 2.45. The zero-order chi connectivity index (χ0) is 43.2. The number of aliphatic imine (C=N–C) groups is 1. The number of hydrogen-bond acceptors (Lipinski definition) is 13. The second-order valence-electron chi connectivity index (χ2n) is 13.4. The van der Waals surface area contributed by atoms with Crippen LogP contribution < -0.4 is 30.9 Å². The number of aromatic nitrogens is 5. The van der Waals surface area contributed by atoms with Crippen molar-refractivity contribution in [2.75, 3.05) is 41.0 Å². The van der Waals surface area contributed by atoms with Crippen LogP contribution in [-0.2, 0) is 19.9 Å². The molecule has 6 rings (SSSR count). The normalized spacial score (nSPS) is 13.2. The molecule has 0 saturated heterocycles. The maximum Gasteiger partial charge on any atom is 0.422 e. The molecule has 0 radical (unpaired) electrons. The van der Waals surface area contributed by atoms with Crippen molar-refractivity contribution in [1.29, 1.82) is 0 Å². The maximum absolute atomic E-state index is 13.0. The molecule has 0 spiro atoms. The zero-order valence-electron chi connectivity index (χ0n) is 32.0. The van der Waals surface area contributed by atoms with Crippen molar-refractivity contribution in [2.45, 2.75) is 38.4 Å². The molecule has 0 bridgehead atoms. The van der Waals surface area contributed by atoms with Gasteiger partial charge in [0.15, 0.2) is 6.61 Å². The van der Waals surface area contributed by atoms with E-state index >= 15 is 0 Å². The smallest absolute Gasteiger partial charge is 0.422 e. The highest BCUT2D eigenvalue weighted by atomic mass is 35.5. The molecule has 5 aromatic rings. The lowest BCUT2D eigenvalue weighted by Crippen LogP contribution is -2.40. The number of rotatable bonds is 14. The molecule has 1 saturated carbocycles. The van der Waals surface area contributed by atoms with Gasteiger partial charge in [0.25, 0.3) is 5.91 Å². The summed E-state index contributed by atoms with van der Waals surface area (Å²) >= 11 is 6.03. The van der Waals surface area contributed by atoms with Crippen LogP contribution >= 0.6 is 11.6 Å². The van der Waals surface area contributed by atoms with Gasteiger partial charge in [-0.3, -0.25) is 14.4 Å². The summed E-state index contributed by atoms with van der Waals surface area (Å²) in [5, 5.41) is 20.7. The number of hydrogen-bond donors (Lipinski definition) is 5. The van der Waals surface area contributed by atoms with Crippen molar-refractivity contribution in [3.63, 3.8) is 0 Å². The van der Waals surface area contributed by atoms with Gasteiger partial charge in [0.05, 0.1) is 12.1 Å². The third-order valence-corrected chi connectivity index (χ3v) is 9.01. The molecule has 3 aromatic carbocycles. The summed E-state index contributed by atoms with van der Waals surface area (Å²) in [5.41, 5.74) is 2.31. The topological polar surface area (TPSA) is 226 Å². The molecule has 0 aliphatic heterocycles. The molecular weight excluding hydrogens is 811 g/mol. The molecule has 21 heteroatoms. The highest BCUT2D eigenvalue weighted by molar-refractivity contribution is 6.42. The number of alkyl halides is 3. The van der Waals surface area contributed by atoms with Crippen LogP contribution in [0.15, 0.2) is 83.9 Å². The largest absolute Gasteiger partial charge is 0.477 e. The summed E-state index contributed by atoms with van der Waals surface area (Å²) in [6.07, 6.45) is -3.29. The number of carboxylic acid groups (broad SMARTS) is 1. The van der Waals surface area contributed by atoms with Crippen LogP contribution in [0.2, 0.25) is 5.02 Å². The number of nitrogens with one attached hydrogen (secondary N) is 4. The van der Waals surface area contributed by atoms with Crippen LogP contribution in [0.25, 0.3) is 0 Å². The van der Waals surface area contributed by atoms with Crippen molar-refractivity contribution < 1.29 is 42.2 Å². The minimum Gasteiger partial charge on any atom is -0.477 e. The highest BCUT2D eigenvalue weighted by Crippen LogP contribution is 2.48. The van der Waals surface area contributed by atoms with Gasteiger partial charge in [0.2, 0.25) is 17.8 Å². The van der Waals surface area contributed by atoms with Crippen LogP contribution in [0, 0.1) is 13.8 Å². The molecule has 3 amide bonds. The van der Waals surface area contributed by atoms with E-state index in [1.165, 1.54) is 24.3 Å². The van der Waals surface area contributed by atoms with E-state index in [0.717, 1.165) is 17.0 Å². The predicted octanol–water partition coefficient (Wildman–Crippen LogP) is 5.91. The number of carbonyl (C=O) groups excluding carboxylic acids is 3. The van der Waals surface area contributed by atoms with E-state index in [9.17, 15) is 37.5 Å². The number of carbonyl (C=O) groups is 4. The van der Waals surface area contributed by atoms with Crippen molar-refractivity contribution >= 4 is 75.9 Å². The number of anilines is 6. The Kier molecular flexibility index (Phi) is 12.5. The number of benzene rings is 3. The minimum absolute atomic E-state index is 0.0626. The van der Waals surface area contributed by atoms with Gasteiger partial charge in [0, 0.05) is 46.1 Å². The van der Waals surface area contributed by atoms with Crippen LogP contribution in [-0.4, -0.2) is 85.8 Å². The third-order valence-electron chi connectivity index (χ3n) is 8.75. The van der Waals surface area contributed by atoms with E-state index in [4.69, 9.17) is 16.3 Å². The Hall–Kier alpha value is -7.22. The number of halogens is 4. The summed E-state index contributed by atoms with van der Waals surface area (Å²) in [4.78, 5) is 76.4. The van der Waals surface area contributed by atoms with E-state index in [1.54, 1.807) is 48.3 Å². The van der Waals surface area contributed by atoms with Crippen molar-refractivity contribution in [1.82, 2.24) is 30.2 Å². The second-order valence-corrected chi connectivity index (χ2v) is 13.9. The quantitative estimate of drug-likeness (QED) is 0.0648. The van der Waals surface area contributed by atoms with E-state index in [0.29, 0.717) is 29.5 Å². The summed E-state index contributed by atoms with van der Waals surface area (Å²) in [6.45, 7) is 1.29. The number of carboxylic acids is 1. The molecule has 1 aliphatic rings. The van der Waals surface area contributed by atoms with Gasteiger partial charge in [-0.25, -0.2) is 19.8 Å². The van der Waals surface area contributed by atoms with Gasteiger partial charge < -0.3 is 36.0 Å². The first-order chi connectivity index (χ1) is 28.4. The van der Waals surface area contributed by atoms with Gasteiger partial charge in [-0.2, -0.15) is 28.1 Å². The van der Waals surface area contributed by atoms with E-state index in [2.05, 4.69) is 51.2 Å².